The van der Waals surface area contributed by atoms with E-state index in [0.717, 1.165) is 35.7 Å². The van der Waals surface area contributed by atoms with Crippen LogP contribution < -0.4 is 0 Å². The van der Waals surface area contributed by atoms with E-state index in [1.807, 2.05) is 36.5 Å². The molecular formula is C15H13N3O. The highest BCUT2D eigenvalue weighted by Gasteiger charge is 2.02. The Morgan fingerprint density at radius 1 is 0.895 bits per heavy atom. The van der Waals surface area contributed by atoms with Crippen molar-refractivity contribution in [3.63, 3.8) is 0 Å². The van der Waals surface area contributed by atoms with E-state index < -0.39 is 0 Å². The van der Waals surface area contributed by atoms with E-state index in [1.165, 1.54) is 0 Å². The Labute approximate surface area is 111 Å². The topological polar surface area (TPSA) is 51.8 Å². The largest absolute Gasteiger partial charge is 0.449 e. The summed E-state index contributed by atoms with van der Waals surface area (Å²) in [5, 5.41) is 0. The molecule has 0 bridgehead atoms. The zero-order chi connectivity index (χ0) is 12.9. The molecule has 3 heterocycles. The molecule has 3 rings (SSSR count). The summed E-state index contributed by atoms with van der Waals surface area (Å²) in [4.78, 5) is 12.8. The third-order valence-corrected chi connectivity index (χ3v) is 2.86. The Bertz CT molecular complexity index is 618. The first-order valence-electron chi connectivity index (χ1n) is 6.16. The maximum Gasteiger partial charge on any atom is 0.194 e. The van der Waals surface area contributed by atoms with Gasteiger partial charge in [0.05, 0.1) is 11.9 Å². The fourth-order valence-corrected chi connectivity index (χ4v) is 1.87. The summed E-state index contributed by atoms with van der Waals surface area (Å²) < 4.78 is 5.20. The number of nitrogens with zero attached hydrogens (tertiary/aromatic N) is 3. The van der Waals surface area contributed by atoms with Gasteiger partial charge in [-0.1, -0.05) is 6.07 Å². The van der Waals surface area contributed by atoms with Gasteiger partial charge in [0.1, 0.15) is 6.26 Å². The molecule has 0 aromatic carbocycles. The van der Waals surface area contributed by atoms with Gasteiger partial charge in [-0.3, -0.25) is 9.97 Å². The van der Waals surface area contributed by atoms with Crippen LogP contribution in [0, 0.1) is 0 Å². The minimum Gasteiger partial charge on any atom is -0.449 e. The highest BCUT2D eigenvalue weighted by molar-refractivity contribution is 5.57. The lowest BCUT2D eigenvalue weighted by Gasteiger charge is -2.02. The van der Waals surface area contributed by atoms with Crippen LogP contribution >= 0.6 is 0 Å². The van der Waals surface area contributed by atoms with Crippen LogP contribution in [0.25, 0.3) is 11.3 Å². The third-order valence-electron chi connectivity index (χ3n) is 2.86. The number of hydrogen-bond acceptors (Lipinski definition) is 4. The Hall–Kier alpha value is -2.49. The van der Waals surface area contributed by atoms with Gasteiger partial charge in [-0.05, 0) is 30.7 Å². The quantitative estimate of drug-likeness (QED) is 0.715. The molecule has 0 saturated carbocycles. The zero-order valence-corrected chi connectivity index (χ0v) is 10.4. The van der Waals surface area contributed by atoms with Crippen molar-refractivity contribution in [2.45, 2.75) is 12.8 Å². The van der Waals surface area contributed by atoms with Gasteiger partial charge in [0, 0.05) is 30.1 Å². The molecule has 0 aliphatic heterocycles. The van der Waals surface area contributed by atoms with Crippen molar-refractivity contribution in [1.82, 2.24) is 15.0 Å². The van der Waals surface area contributed by atoms with Crippen molar-refractivity contribution in [2.75, 3.05) is 0 Å². The second-order valence-corrected chi connectivity index (χ2v) is 4.18. The Morgan fingerprint density at radius 2 is 1.89 bits per heavy atom. The number of hydrogen-bond donors (Lipinski definition) is 0. The molecule has 0 saturated heterocycles. The van der Waals surface area contributed by atoms with Crippen molar-refractivity contribution in [1.29, 1.82) is 0 Å². The van der Waals surface area contributed by atoms with E-state index in [1.54, 1.807) is 18.7 Å². The predicted molar refractivity (Wildman–Crippen MR) is 71.4 cm³/mol. The minimum absolute atomic E-state index is 0.746. The molecule has 0 amide bonds. The molecule has 0 spiro atoms. The minimum atomic E-state index is 0.746. The molecule has 4 heteroatoms. The van der Waals surface area contributed by atoms with E-state index in [4.69, 9.17) is 4.42 Å². The van der Waals surface area contributed by atoms with E-state index >= 15 is 0 Å². The summed E-state index contributed by atoms with van der Waals surface area (Å²) in [7, 11) is 0. The number of oxazole rings is 1. The predicted octanol–water partition coefficient (Wildman–Crippen LogP) is 2.92. The number of aryl methyl sites for hydroxylation is 2. The molecule has 0 radical (unpaired) electrons. The second-order valence-electron chi connectivity index (χ2n) is 4.18. The molecule has 0 unspecified atom stereocenters. The summed E-state index contributed by atoms with van der Waals surface area (Å²) in [6.07, 6.45) is 8.48. The summed E-state index contributed by atoms with van der Waals surface area (Å²) in [6.45, 7) is 0. The Kier molecular flexibility index (Phi) is 3.32. The first-order valence-corrected chi connectivity index (χ1v) is 6.16. The highest BCUT2D eigenvalue weighted by atomic mass is 16.3. The van der Waals surface area contributed by atoms with Gasteiger partial charge in [-0.15, -0.1) is 0 Å². The molecule has 0 atom stereocenters. The van der Waals surface area contributed by atoms with E-state index in [9.17, 15) is 0 Å². The zero-order valence-electron chi connectivity index (χ0n) is 10.4. The molecule has 19 heavy (non-hydrogen) atoms. The smallest absolute Gasteiger partial charge is 0.194 e. The molecule has 4 nitrogen and oxygen atoms in total. The maximum absolute atomic E-state index is 5.20. The van der Waals surface area contributed by atoms with Crippen LogP contribution in [0.2, 0.25) is 0 Å². The van der Waals surface area contributed by atoms with Crippen molar-refractivity contribution in [3.05, 3.63) is 66.8 Å². The van der Waals surface area contributed by atoms with Crippen LogP contribution in [0.1, 0.15) is 11.6 Å². The number of pyridine rings is 2. The Balaban J connectivity index is 1.69. The highest BCUT2D eigenvalue weighted by Crippen LogP contribution is 2.15. The first-order chi connectivity index (χ1) is 9.42. The molecule has 0 fully saturated rings. The monoisotopic (exact) mass is 251 g/mol. The SMILES string of the molecule is c1ccc(-c2ccc(CCc3ncco3)nc2)nc1. The summed E-state index contributed by atoms with van der Waals surface area (Å²) in [5.74, 6) is 0.746. The lowest BCUT2D eigenvalue weighted by Crippen LogP contribution is -1.95. The van der Waals surface area contributed by atoms with Crippen LogP contribution in [0.3, 0.4) is 0 Å². The van der Waals surface area contributed by atoms with Crippen molar-refractivity contribution in [2.24, 2.45) is 0 Å². The van der Waals surface area contributed by atoms with Gasteiger partial charge >= 0.3 is 0 Å². The lowest BCUT2D eigenvalue weighted by molar-refractivity contribution is 0.493. The molecular weight excluding hydrogens is 238 g/mol. The Morgan fingerprint density at radius 3 is 2.58 bits per heavy atom. The van der Waals surface area contributed by atoms with Crippen LogP contribution in [0.15, 0.2) is 59.6 Å². The first kappa shape index (κ1) is 11.6. The van der Waals surface area contributed by atoms with E-state index in [2.05, 4.69) is 15.0 Å². The summed E-state index contributed by atoms with van der Waals surface area (Å²) in [6, 6.07) is 9.91. The standard InChI is InChI=1S/C15H13N3O/c1-2-8-16-14(3-1)12-4-5-13(18-11-12)6-7-15-17-9-10-19-15/h1-5,8-11H,6-7H2. The van der Waals surface area contributed by atoms with Crippen LogP contribution in [-0.2, 0) is 12.8 Å². The normalized spacial score (nSPS) is 10.5. The molecule has 3 aromatic rings. The molecule has 0 aliphatic carbocycles. The van der Waals surface area contributed by atoms with E-state index in [0.29, 0.717) is 0 Å². The third kappa shape index (κ3) is 2.85. The molecule has 94 valence electrons. The molecule has 0 N–H and O–H groups in total. The summed E-state index contributed by atoms with van der Waals surface area (Å²) in [5.41, 5.74) is 2.99. The van der Waals surface area contributed by atoms with Crippen molar-refractivity contribution < 1.29 is 4.42 Å². The van der Waals surface area contributed by atoms with Gasteiger partial charge in [0.25, 0.3) is 0 Å². The van der Waals surface area contributed by atoms with Crippen LogP contribution in [0.4, 0.5) is 0 Å². The van der Waals surface area contributed by atoms with Gasteiger partial charge in [0.15, 0.2) is 5.89 Å². The van der Waals surface area contributed by atoms with Crippen molar-refractivity contribution in [3.8, 4) is 11.3 Å². The molecule has 3 aromatic heterocycles. The average Bonchev–Trinajstić information content (AvgIpc) is 3.00. The van der Waals surface area contributed by atoms with Gasteiger partial charge < -0.3 is 4.42 Å². The maximum atomic E-state index is 5.20. The number of aromatic nitrogens is 3. The average molecular weight is 251 g/mol. The number of rotatable bonds is 4. The van der Waals surface area contributed by atoms with Crippen molar-refractivity contribution >= 4 is 0 Å². The second kappa shape index (κ2) is 5.44. The van der Waals surface area contributed by atoms with Gasteiger partial charge in [-0.2, -0.15) is 0 Å². The summed E-state index contributed by atoms with van der Waals surface area (Å²) >= 11 is 0. The molecule has 0 aliphatic rings. The van der Waals surface area contributed by atoms with Crippen LogP contribution in [0.5, 0.6) is 0 Å². The van der Waals surface area contributed by atoms with Crippen LogP contribution in [-0.4, -0.2) is 15.0 Å². The lowest BCUT2D eigenvalue weighted by atomic mass is 10.1. The fraction of sp³-hybridized carbons (Fsp3) is 0.133. The van der Waals surface area contributed by atoms with E-state index in [-0.39, 0.29) is 0 Å². The van der Waals surface area contributed by atoms with Gasteiger partial charge in [0.2, 0.25) is 0 Å². The van der Waals surface area contributed by atoms with Gasteiger partial charge in [-0.25, -0.2) is 4.98 Å². The fourth-order valence-electron chi connectivity index (χ4n) is 1.87.